The van der Waals surface area contributed by atoms with E-state index in [1.807, 2.05) is 6.07 Å². The van der Waals surface area contributed by atoms with Crippen LogP contribution in [-0.2, 0) is 5.41 Å². The highest BCUT2D eigenvalue weighted by Gasteiger charge is 2.35. The van der Waals surface area contributed by atoms with Crippen LogP contribution in [0, 0.1) is 0 Å². The minimum absolute atomic E-state index is 0.0944. The molecule has 1 heterocycles. The van der Waals surface area contributed by atoms with Crippen LogP contribution in [0.5, 0.6) is 0 Å². The van der Waals surface area contributed by atoms with E-state index in [-0.39, 0.29) is 16.0 Å². The summed E-state index contributed by atoms with van der Waals surface area (Å²) in [6, 6.07) is 12.6. The molecule has 0 saturated heterocycles. The molecule has 0 bridgehead atoms. The molecular weight excluding hydrogens is 409 g/mol. The van der Waals surface area contributed by atoms with Crippen LogP contribution in [0.25, 0.3) is 22.5 Å². The molecule has 0 spiro atoms. The summed E-state index contributed by atoms with van der Waals surface area (Å²) in [7, 11) is 0. The first kappa shape index (κ1) is 16.0. The summed E-state index contributed by atoms with van der Waals surface area (Å²) in [5, 5.41) is 0.189. The molecule has 24 heavy (non-hydrogen) atoms. The summed E-state index contributed by atoms with van der Waals surface area (Å²) in [6.45, 7) is 4.45. The summed E-state index contributed by atoms with van der Waals surface area (Å²) in [4.78, 5) is 12.2. The van der Waals surface area contributed by atoms with E-state index in [4.69, 9.17) is 23.2 Å². The van der Waals surface area contributed by atoms with Gasteiger partial charge in [0, 0.05) is 15.5 Å². The molecule has 6 heteroatoms. The van der Waals surface area contributed by atoms with Crippen molar-refractivity contribution < 1.29 is 0 Å². The van der Waals surface area contributed by atoms with E-state index in [0.29, 0.717) is 5.82 Å². The zero-order chi connectivity index (χ0) is 17.1. The topological polar surface area (TPSA) is 38.7 Å². The SMILES string of the molecule is CC1(C)c2cc(Br)ccc2-c2ccc(-c3nc(Cl)nc(Cl)n3)cc21. The van der Waals surface area contributed by atoms with Crippen LogP contribution in [-0.4, -0.2) is 15.0 Å². The third-order valence-corrected chi connectivity index (χ3v) is 5.31. The zero-order valence-corrected chi connectivity index (χ0v) is 16.0. The van der Waals surface area contributed by atoms with Crippen molar-refractivity contribution in [3.05, 3.63) is 62.6 Å². The highest BCUT2D eigenvalue weighted by Crippen LogP contribution is 2.50. The second kappa shape index (κ2) is 5.51. The fraction of sp³-hybridized carbons (Fsp3) is 0.167. The fourth-order valence-corrected chi connectivity index (χ4v) is 4.03. The smallest absolute Gasteiger partial charge is 0.198 e. The van der Waals surface area contributed by atoms with Gasteiger partial charge in [0.05, 0.1) is 0 Å². The highest BCUT2D eigenvalue weighted by atomic mass is 79.9. The number of benzene rings is 2. The number of nitrogens with zero attached hydrogens (tertiary/aromatic N) is 3. The van der Waals surface area contributed by atoms with Gasteiger partial charge >= 0.3 is 0 Å². The second-order valence-corrected chi connectivity index (χ2v) is 7.86. The minimum atomic E-state index is -0.106. The summed E-state index contributed by atoms with van der Waals surface area (Å²) >= 11 is 15.4. The van der Waals surface area contributed by atoms with Crippen molar-refractivity contribution in [3.8, 4) is 22.5 Å². The Morgan fingerprint density at radius 1 is 0.833 bits per heavy atom. The van der Waals surface area contributed by atoms with Crippen LogP contribution < -0.4 is 0 Å². The van der Waals surface area contributed by atoms with Crippen molar-refractivity contribution in [1.29, 1.82) is 0 Å². The van der Waals surface area contributed by atoms with Gasteiger partial charge in [-0.1, -0.05) is 48.0 Å². The zero-order valence-electron chi connectivity index (χ0n) is 12.9. The molecule has 1 aromatic heterocycles. The van der Waals surface area contributed by atoms with Crippen molar-refractivity contribution in [1.82, 2.24) is 15.0 Å². The first-order valence-electron chi connectivity index (χ1n) is 7.38. The lowest BCUT2D eigenvalue weighted by atomic mass is 9.82. The molecule has 1 aliphatic carbocycles. The third-order valence-electron chi connectivity index (χ3n) is 4.48. The van der Waals surface area contributed by atoms with E-state index in [2.05, 4.69) is 75.1 Å². The van der Waals surface area contributed by atoms with Gasteiger partial charge in [-0.25, -0.2) is 0 Å². The first-order valence-corrected chi connectivity index (χ1v) is 8.93. The molecule has 4 rings (SSSR count). The lowest BCUT2D eigenvalue weighted by Gasteiger charge is -2.22. The number of fused-ring (bicyclic) bond motifs is 3. The second-order valence-electron chi connectivity index (χ2n) is 6.27. The summed E-state index contributed by atoms with van der Waals surface area (Å²) in [5.74, 6) is 0.482. The van der Waals surface area contributed by atoms with Gasteiger partial charge in [-0.2, -0.15) is 15.0 Å². The lowest BCUT2D eigenvalue weighted by Crippen LogP contribution is -2.15. The van der Waals surface area contributed by atoms with Gasteiger partial charge in [-0.3, -0.25) is 0 Å². The van der Waals surface area contributed by atoms with Gasteiger partial charge in [-0.05, 0) is 63.7 Å². The number of halogens is 3. The summed E-state index contributed by atoms with van der Waals surface area (Å²) in [5.41, 5.74) is 5.80. The van der Waals surface area contributed by atoms with E-state index in [1.54, 1.807) is 0 Å². The Kier molecular flexibility index (Phi) is 3.68. The standard InChI is InChI=1S/C18H12BrCl2N3/c1-18(2)13-7-9(15-22-16(20)24-17(21)23-15)3-5-11(13)12-6-4-10(19)8-14(12)18/h3-8H,1-2H3. The van der Waals surface area contributed by atoms with Crippen LogP contribution in [0.3, 0.4) is 0 Å². The Morgan fingerprint density at radius 2 is 1.42 bits per heavy atom. The Bertz CT molecular complexity index is 966. The number of hydrogen-bond acceptors (Lipinski definition) is 3. The minimum Gasteiger partial charge on any atom is -0.198 e. The van der Waals surface area contributed by atoms with Gasteiger partial charge in [0.25, 0.3) is 0 Å². The Labute approximate surface area is 158 Å². The van der Waals surface area contributed by atoms with E-state index in [1.165, 1.54) is 22.3 Å². The van der Waals surface area contributed by atoms with Crippen LogP contribution in [0.2, 0.25) is 10.6 Å². The van der Waals surface area contributed by atoms with Crippen molar-refractivity contribution in [2.75, 3.05) is 0 Å². The van der Waals surface area contributed by atoms with Gasteiger partial charge in [0.15, 0.2) is 5.82 Å². The molecule has 0 radical (unpaired) electrons. The monoisotopic (exact) mass is 419 g/mol. The predicted molar refractivity (Wildman–Crippen MR) is 101 cm³/mol. The Hall–Kier alpha value is -1.49. The van der Waals surface area contributed by atoms with Crippen LogP contribution >= 0.6 is 39.1 Å². The molecule has 1 aliphatic rings. The van der Waals surface area contributed by atoms with Gasteiger partial charge in [0.1, 0.15) is 0 Å². The van der Waals surface area contributed by atoms with E-state index in [0.717, 1.165) is 10.0 Å². The van der Waals surface area contributed by atoms with Crippen molar-refractivity contribution in [2.45, 2.75) is 19.3 Å². The third kappa shape index (κ3) is 2.44. The maximum absolute atomic E-state index is 5.91. The number of rotatable bonds is 1. The molecule has 2 aromatic carbocycles. The van der Waals surface area contributed by atoms with Crippen LogP contribution in [0.1, 0.15) is 25.0 Å². The molecule has 0 fully saturated rings. The molecule has 120 valence electrons. The lowest BCUT2D eigenvalue weighted by molar-refractivity contribution is 0.660. The number of aromatic nitrogens is 3. The van der Waals surface area contributed by atoms with Gasteiger partial charge < -0.3 is 0 Å². The van der Waals surface area contributed by atoms with Gasteiger partial charge in [0.2, 0.25) is 10.6 Å². The number of hydrogen-bond donors (Lipinski definition) is 0. The molecule has 0 aliphatic heterocycles. The summed E-state index contributed by atoms with van der Waals surface area (Å²) < 4.78 is 1.08. The highest BCUT2D eigenvalue weighted by molar-refractivity contribution is 9.10. The Morgan fingerprint density at radius 3 is 2.08 bits per heavy atom. The molecule has 0 amide bonds. The molecular formula is C18H12BrCl2N3. The average molecular weight is 421 g/mol. The molecule has 0 atom stereocenters. The molecule has 3 aromatic rings. The van der Waals surface area contributed by atoms with Gasteiger partial charge in [-0.15, -0.1) is 0 Å². The van der Waals surface area contributed by atoms with Crippen LogP contribution in [0.15, 0.2) is 40.9 Å². The molecule has 0 saturated carbocycles. The van der Waals surface area contributed by atoms with Crippen molar-refractivity contribution in [3.63, 3.8) is 0 Å². The molecule has 0 N–H and O–H groups in total. The molecule has 0 unspecified atom stereocenters. The normalized spacial score (nSPS) is 14.4. The van der Waals surface area contributed by atoms with E-state index in [9.17, 15) is 0 Å². The largest absolute Gasteiger partial charge is 0.227 e. The first-order chi connectivity index (χ1) is 11.4. The quantitative estimate of drug-likeness (QED) is 0.490. The maximum atomic E-state index is 5.91. The Balaban J connectivity index is 1.92. The molecule has 3 nitrogen and oxygen atoms in total. The van der Waals surface area contributed by atoms with E-state index < -0.39 is 0 Å². The van der Waals surface area contributed by atoms with Crippen molar-refractivity contribution >= 4 is 39.1 Å². The average Bonchev–Trinajstić information content (AvgIpc) is 2.74. The van der Waals surface area contributed by atoms with Crippen molar-refractivity contribution in [2.24, 2.45) is 0 Å². The predicted octanol–water partition coefficient (Wildman–Crippen LogP) is 5.91. The fourth-order valence-electron chi connectivity index (χ4n) is 3.30. The van der Waals surface area contributed by atoms with Crippen LogP contribution in [0.4, 0.5) is 0 Å². The summed E-state index contributed by atoms with van der Waals surface area (Å²) in [6.07, 6.45) is 0. The maximum Gasteiger partial charge on any atom is 0.227 e. The van der Waals surface area contributed by atoms with E-state index >= 15 is 0 Å².